The van der Waals surface area contributed by atoms with Crippen molar-refractivity contribution in [3.8, 4) is 11.3 Å². The molecule has 165 valence electrons. The van der Waals surface area contributed by atoms with Crippen molar-refractivity contribution in [2.24, 2.45) is 18.5 Å². The van der Waals surface area contributed by atoms with Crippen LogP contribution < -0.4 is 11.5 Å². The fourth-order valence-corrected chi connectivity index (χ4v) is 4.48. The second-order valence-electron chi connectivity index (χ2n) is 9.51. The molecule has 30 heavy (non-hydrogen) atoms. The number of aromatic nitrogens is 2. The first kappa shape index (κ1) is 24.8. The Balaban J connectivity index is 2.12. The molecule has 1 radical (unpaired) electrons. The molecule has 6 nitrogen and oxygen atoms in total. The second-order valence-corrected chi connectivity index (χ2v) is 14.0. The van der Waals surface area contributed by atoms with E-state index < -0.39 is 8.32 Å². The van der Waals surface area contributed by atoms with E-state index in [4.69, 9.17) is 21.1 Å². The summed E-state index contributed by atoms with van der Waals surface area (Å²) in [6, 6.07) is 8.46. The van der Waals surface area contributed by atoms with Crippen LogP contribution in [0.15, 0.2) is 30.5 Å². The van der Waals surface area contributed by atoms with E-state index in [-0.39, 0.29) is 23.5 Å². The molecule has 0 aliphatic carbocycles. The quantitative estimate of drug-likeness (QED) is 0.376. The number of hydrogen-bond donors (Lipinski definition) is 3. The third-order valence-corrected chi connectivity index (χ3v) is 9.78. The molecule has 2 unspecified atom stereocenters. The summed E-state index contributed by atoms with van der Waals surface area (Å²) in [7, 11) is 1.53. The number of hydrogen-bond acceptors (Lipinski definition) is 5. The zero-order valence-corrected chi connectivity index (χ0v) is 20.4. The molecule has 0 bridgehead atoms. The van der Waals surface area contributed by atoms with Crippen LogP contribution in [0.1, 0.15) is 44.5 Å². The van der Waals surface area contributed by atoms with E-state index in [0.717, 1.165) is 29.9 Å². The minimum absolute atomic E-state index is 0.0790. The van der Waals surface area contributed by atoms with Gasteiger partial charge in [0.2, 0.25) is 0 Å². The summed E-state index contributed by atoms with van der Waals surface area (Å²) in [5.74, 6) is 1.46. The van der Waals surface area contributed by atoms with E-state index in [9.17, 15) is 4.80 Å². The third kappa shape index (κ3) is 6.28. The van der Waals surface area contributed by atoms with E-state index in [1.54, 1.807) is 7.48 Å². The van der Waals surface area contributed by atoms with Gasteiger partial charge < -0.3 is 25.5 Å². The van der Waals surface area contributed by atoms with Gasteiger partial charge >= 0.3 is 0 Å². The highest BCUT2D eigenvalue weighted by molar-refractivity contribution is 6.72. The van der Waals surface area contributed by atoms with Crippen LogP contribution >= 0.6 is 0 Å². The number of aryl methyl sites for hydroxylation is 1. The number of imidazole rings is 1. The Bertz CT molecular complexity index is 802. The van der Waals surface area contributed by atoms with Gasteiger partial charge in [-0.05, 0) is 48.9 Å². The lowest BCUT2D eigenvalue weighted by Crippen LogP contribution is -2.39. The van der Waals surface area contributed by atoms with Gasteiger partial charge in [0.15, 0.2) is 8.32 Å². The molecule has 5 N–H and O–H groups in total. The van der Waals surface area contributed by atoms with Gasteiger partial charge in [-0.15, -0.1) is 0 Å². The average molecular weight is 429 g/mol. The smallest absolute Gasteiger partial charge is 0.299 e. The van der Waals surface area contributed by atoms with Crippen LogP contribution in [0.25, 0.3) is 11.3 Å². The molecule has 1 heterocycles. The van der Waals surface area contributed by atoms with Crippen LogP contribution in [0.4, 0.5) is 0 Å². The fraction of sp³-hybridized carbons (Fsp3) is 0.591. The number of rotatable bonds is 11. The van der Waals surface area contributed by atoms with Crippen molar-refractivity contribution < 1.29 is 9.45 Å². The molecule has 0 saturated heterocycles. The van der Waals surface area contributed by atoms with Gasteiger partial charge in [-0.2, -0.15) is 0 Å². The molecule has 2 atom stereocenters. The van der Waals surface area contributed by atoms with Crippen molar-refractivity contribution in [1.29, 1.82) is 0 Å². The molecule has 0 spiro atoms. The number of nitrogens with two attached hydrogens (primary N) is 2. The zero-order chi connectivity index (χ0) is 22.5. The van der Waals surface area contributed by atoms with Gasteiger partial charge in [0.1, 0.15) is 5.82 Å². The van der Waals surface area contributed by atoms with Gasteiger partial charge in [-0.25, -0.2) is 4.98 Å². The van der Waals surface area contributed by atoms with E-state index in [0.29, 0.717) is 6.54 Å². The summed E-state index contributed by atoms with van der Waals surface area (Å²) in [6.45, 7) is 11.3. The van der Waals surface area contributed by atoms with Gasteiger partial charge in [0.05, 0.1) is 12.4 Å². The molecule has 0 aliphatic rings. The van der Waals surface area contributed by atoms with Crippen molar-refractivity contribution in [3.63, 3.8) is 0 Å². The summed E-state index contributed by atoms with van der Waals surface area (Å²) in [4.78, 5) is 15.6. The Morgan fingerprint density at radius 2 is 1.87 bits per heavy atom. The SMILES string of the molecule is CC(CC(C)(C)[Si](C)(C)O)c1nc(-c2ccc(CC([B]OCN)CN)cc2)cn1C. The van der Waals surface area contributed by atoms with E-state index in [2.05, 4.69) is 55.8 Å². The highest BCUT2D eigenvalue weighted by Gasteiger charge is 2.39. The summed E-state index contributed by atoms with van der Waals surface area (Å²) < 4.78 is 7.30. The molecule has 0 aliphatic heterocycles. The molecule has 8 heteroatoms. The maximum absolute atomic E-state index is 10.6. The maximum Gasteiger partial charge on any atom is 0.299 e. The second kappa shape index (κ2) is 10.2. The lowest BCUT2D eigenvalue weighted by molar-refractivity contribution is 0.341. The summed E-state index contributed by atoms with van der Waals surface area (Å²) >= 11 is 0. The average Bonchev–Trinajstić information content (AvgIpc) is 3.06. The Labute approximate surface area is 183 Å². The molecule has 1 aromatic carbocycles. The molecule has 2 rings (SSSR count). The molecule has 0 fully saturated rings. The van der Waals surface area contributed by atoms with E-state index in [1.807, 2.05) is 20.1 Å². The Kier molecular flexibility index (Phi) is 8.47. The minimum Gasteiger partial charge on any atom is -0.432 e. The Hall–Kier alpha value is -1.45. The highest BCUT2D eigenvalue weighted by Crippen LogP contribution is 2.43. The van der Waals surface area contributed by atoms with Crippen LogP contribution in [-0.2, 0) is 18.1 Å². The summed E-state index contributed by atoms with van der Waals surface area (Å²) in [5, 5.41) is -0.0790. The Morgan fingerprint density at radius 1 is 1.23 bits per heavy atom. The number of nitrogens with zero attached hydrogens (tertiary/aromatic N) is 2. The van der Waals surface area contributed by atoms with Crippen molar-refractivity contribution in [2.75, 3.05) is 13.3 Å². The van der Waals surface area contributed by atoms with Gasteiger partial charge in [0, 0.05) is 24.7 Å². The minimum atomic E-state index is -2.25. The molecule has 0 amide bonds. The van der Waals surface area contributed by atoms with Crippen LogP contribution in [0, 0.1) is 0 Å². The standard InChI is InChI=1S/C22H38BN4O2Si/c1-16(12-22(2,3)30(5,6)28)21-26-20(14-27(21)4)18-9-7-17(8-10-18)11-19(13-24)23-29-15-25/h7-10,14,16,19,28H,11-13,15,24-25H2,1-6H3. The molecule has 0 saturated carbocycles. The normalized spacial score (nSPS) is 14.6. The zero-order valence-electron chi connectivity index (χ0n) is 19.4. The van der Waals surface area contributed by atoms with E-state index in [1.165, 1.54) is 5.56 Å². The largest absolute Gasteiger partial charge is 0.432 e. The van der Waals surface area contributed by atoms with Crippen molar-refractivity contribution in [1.82, 2.24) is 9.55 Å². The van der Waals surface area contributed by atoms with Crippen LogP contribution in [0.3, 0.4) is 0 Å². The third-order valence-electron chi connectivity index (χ3n) is 6.26. The highest BCUT2D eigenvalue weighted by atomic mass is 28.4. The maximum atomic E-state index is 10.6. The summed E-state index contributed by atoms with van der Waals surface area (Å²) in [5.41, 5.74) is 14.5. The predicted molar refractivity (Wildman–Crippen MR) is 128 cm³/mol. The van der Waals surface area contributed by atoms with Crippen molar-refractivity contribution in [3.05, 3.63) is 41.9 Å². The lowest BCUT2D eigenvalue weighted by Gasteiger charge is -2.36. The molecular formula is C22H38BN4O2Si. The fourth-order valence-electron chi connectivity index (χ4n) is 3.68. The predicted octanol–water partition coefficient (Wildman–Crippen LogP) is 3.40. The van der Waals surface area contributed by atoms with Gasteiger partial charge in [-0.3, -0.25) is 0 Å². The first-order valence-electron chi connectivity index (χ1n) is 10.7. The van der Waals surface area contributed by atoms with Crippen molar-refractivity contribution in [2.45, 2.75) is 63.5 Å². The first-order chi connectivity index (χ1) is 14.0. The monoisotopic (exact) mass is 429 g/mol. The Morgan fingerprint density at radius 3 is 2.40 bits per heavy atom. The number of benzene rings is 1. The van der Waals surface area contributed by atoms with Gasteiger partial charge in [-0.1, -0.05) is 45.0 Å². The van der Waals surface area contributed by atoms with Crippen LogP contribution in [0.5, 0.6) is 0 Å². The van der Waals surface area contributed by atoms with Crippen LogP contribution in [0.2, 0.25) is 23.9 Å². The van der Waals surface area contributed by atoms with E-state index >= 15 is 0 Å². The first-order valence-corrected chi connectivity index (χ1v) is 13.6. The van der Waals surface area contributed by atoms with Crippen molar-refractivity contribution >= 4 is 15.8 Å². The summed E-state index contributed by atoms with van der Waals surface area (Å²) in [6.07, 6.45) is 3.81. The topological polar surface area (TPSA) is 99.3 Å². The van der Waals surface area contributed by atoms with Crippen LogP contribution in [-0.4, -0.2) is 43.4 Å². The van der Waals surface area contributed by atoms with Gasteiger partial charge in [0.25, 0.3) is 7.48 Å². The lowest BCUT2D eigenvalue weighted by atomic mass is 9.76. The molecule has 1 aromatic heterocycles. The molecular weight excluding hydrogens is 391 g/mol. The molecule has 2 aromatic rings.